The van der Waals surface area contributed by atoms with E-state index in [1.54, 1.807) is 31.5 Å². The second-order valence-corrected chi connectivity index (χ2v) is 6.75. The summed E-state index contributed by atoms with van der Waals surface area (Å²) in [5, 5.41) is 4.00. The first-order chi connectivity index (χ1) is 13.7. The highest BCUT2D eigenvalue weighted by Crippen LogP contribution is 2.34. The molecule has 0 atom stereocenters. The van der Waals surface area contributed by atoms with E-state index >= 15 is 0 Å². The maximum Gasteiger partial charge on any atom is 0.163 e. The van der Waals surface area contributed by atoms with E-state index in [1.807, 2.05) is 23.2 Å². The topological polar surface area (TPSA) is 48.3 Å². The molecule has 0 bridgehead atoms. The van der Waals surface area contributed by atoms with Gasteiger partial charge in [0.25, 0.3) is 0 Å². The number of methoxy groups -OCH3 is 1. The van der Waals surface area contributed by atoms with Crippen molar-refractivity contribution in [3.05, 3.63) is 77.1 Å². The summed E-state index contributed by atoms with van der Waals surface area (Å²) in [5.41, 5.74) is 1.80. The molecule has 0 amide bonds. The molecule has 0 saturated carbocycles. The Hall–Kier alpha value is -2.57. The number of hydrogen-bond acceptors (Lipinski definition) is 4. The Morgan fingerprint density at radius 3 is 2.71 bits per heavy atom. The average Bonchev–Trinajstić information content (AvgIpc) is 3.22. The van der Waals surface area contributed by atoms with Crippen LogP contribution in [0.1, 0.15) is 17.5 Å². The summed E-state index contributed by atoms with van der Waals surface area (Å²) in [6.07, 6.45) is 6.53. The van der Waals surface area contributed by atoms with Crippen molar-refractivity contribution in [3.63, 3.8) is 0 Å². The molecule has 0 spiro atoms. The number of nitrogens with zero attached hydrogens (tertiary/aromatic N) is 2. The van der Waals surface area contributed by atoms with E-state index in [1.165, 1.54) is 12.1 Å². The molecule has 1 aromatic heterocycles. The smallest absolute Gasteiger partial charge is 0.163 e. The fourth-order valence-electron chi connectivity index (χ4n) is 2.76. The normalized spacial score (nSPS) is 10.8. The lowest BCUT2D eigenvalue weighted by molar-refractivity contribution is 0.284. The highest BCUT2D eigenvalue weighted by atomic mass is 35.5. The molecule has 148 valence electrons. The number of nitrogens with one attached hydrogen (secondary N) is 1. The number of rotatable bonds is 10. The molecule has 28 heavy (non-hydrogen) atoms. The van der Waals surface area contributed by atoms with Crippen molar-refractivity contribution < 1.29 is 13.9 Å². The van der Waals surface area contributed by atoms with E-state index in [0.717, 1.165) is 30.6 Å². The number of aryl methyl sites for hydroxylation is 1. The first kappa shape index (κ1) is 20.2. The van der Waals surface area contributed by atoms with Gasteiger partial charge >= 0.3 is 0 Å². The molecule has 1 N–H and O–H groups in total. The van der Waals surface area contributed by atoms with Crippen molar-refractivity contribution in [2.24, 2.45) is 0 Å². The minimum atomic E-state index is -0.272. The fourth-order valence-corrected chi connectivity index (χ4v) is 2.98. The second kappa shape index (κ2) is 10.1. The van der Waals surface area contributed by atoms with Gasteiger partial charge in [0, 0.05) is 36.6 Å². The molecule has 0 radical (unpaired) electrons. The molecule has 0 aliphatic heterocycles. The van der Waals surface area contributed by atoms with Crippen molar-refractivity contribution in [2.45, 2.75) is 26.1 Å². The maximum absolute atomic E-state index is 13.0. The van der Waals surface area contributed by atoms with Crippen LogP contribution in [0.2, 0.25) is 5.02 Å². The zero-order chi connectivity index (χ0) is 19.8. The Kier molecular flexibility index (Phi) is 7.28. The largest absolute Gasteiger partial charge is 0.493 e. The van der Waals surface area contributed by atoms with Crippen molar-refractivity contribution >= 4 is 11.6 Å². The van der Waals surface area contributed by atoms with E-state index in [0.29, 0.717) is 29.7 Å². The Balaban J connectivity index is 1.53. The average molecular weight is 404 g/mol. The monoisotopic (exact) mass is 403 g/mol. The lowest BCUT2D eigenvalue weighted by atomic mass is 10.2. The number of ether oxygens (including phenoxy) is 2. The van der Waals surface area contributed by atoms with Gasteiger partial charge in [0.15, 0.2) is 11.5 Å². The van der Waals surface area contributed by atoms with Crippen LogP contribution in [0.4, 0.5) is 4.39 Å². The number of imidazole rings is 1. The lowest BCUT2D eigenvalue weighted by Crippen LogP contribution is -2.16. The summed E-state index contributed by atoms with van der Waals surface area (Å²) >= 11 is 6.42. The summed E-state index contributed by atoms with van der Waals surface area (Å²) < 4.78 is 26.3. The van der Waals surface area contributed by atoms with E-state index < -0.39 is 0 Å². The van der Waals surface area contributed by atoms with Gasteiger partial charge < -0.3 is 19.4 Å². The highest BCUT2D eigenvalue weighted by Gasteiger charge is 2.11. The Labute approximate surface area is 169 Å². The summed E-state index contributed by atoms with van der Waals surface area (Å²) in [7, 11) is 1.59. The van der Waals surface area contributed by atoms with Crippen LogP contribution in [0.15, 0.2) is 55.1 Å². The van der Waals surface area contributed by atoms with Gasteiger partial charge in [-0.3, -0.25) is 0 Å². The molecule has 7 heteroatoms. The van der Waals surface area contributed by atoms with Gasteiger partial charge in [-0.05, 0) is 42.3 Å². The molecular formula is C21H23ClFN3O2. The molecule has 0 aliphatic rings. The molecule has 3 rings (SSSR count). The molecular weight excluding hydrogens is 381 g/mol. The first-order valence-electron chi connectivity index (χ1n) is 9.06. The predicted molar refractivity (Wildman–Crippen MR) is 107 cm³/mol. The highest BCUT2D eigenvalue weighted by molar-refractivity contribution is 6.31. The van der Waals surface area contributed by atoms with E-state index in [4.69, 9.17) is 21.1 Å². The predicted octanol–water partition coefficient (Wildman–Crippen LogP) is 4.44. The SMILES string of the molecule is COc1cc(CNCCCn2ccnc2)c(Cl)cc1OCc1ccc(F)cc1. The van der Waals surface area contributed by atoms with Crippen molar-refractivity contribution in [1.29, 1.82) is 0 Å². The van der Waals surface area contributed by atoms with Gasteiger partial charge in [0.1, 0.15) is 12.4 Å². The number of aromatic nitrogens is 2. The van der Waals surface area contributed by atoms with Crippen LogP contribution < -0.4 is 14.8 Å². The molecule has 0 fully saturated rings. The third kappa shape index (κ3) is 5.71. The summed E-state index contributed by atoms with van der Waals surface area (Å²) in [6.45, 7) is 2.72. The van der Waals surface area contributed by atoms with Gasteiger partial charge in [-0.2, -0.15) is 0 Å². The summed E-state index contributed by atoms with van der Waals surface area (Å²) in [4.78, 5) is 4.03. The quantitative estimate of drug-likeness (QED) is 0.508. The van der Waals surface area contributed by atoms with Crippen LogP contribution in [0.5, 0.6) is 11.5 Å². The molecule has 2 aromatic carbocycles. The Morgan fingerprint density at radius 2 is 2.00 bits per heavy atom. The van der Waals surface area contributed by atoms with E-state index in [2.05, 4.69) is 10.3 Å². The van der Waals surface area contributed by atoms with E-state index in [-0.39, 0.29) is 5.82 Å². The number of halogens is 2. The number of hydrogen-bond donors (Lipinski definition) is 1. The first-order valence-corrected chi connectivity index (χ1v) is 9.43. The van der Waals surface area contributed by atoms with Gasteiger partial charge in [-0.15, -0.1) is 0 Å². The Morgan fingerprint density at radius 1 is 1.18 bits per heavy atom. The standard InChI is InChI=1S/C21H23ClFN3O2/c1-27-20-11-17(13-24-7-2-9-26-10-8-25-15-26)19(22)12-21(20)28-14-16-3-5-18(23)6-4-16/h3-6,8,10-12,15,24H,2,7,9,13-14H2,1H3. The van der Waals surface area contributed by atoms with Crippen molar-refractivity contribution in [1.82, 2.24) is 14.9 Å². The zero-order valence-corrected chi connectivity index (χ0v) is 16.5. The molecule has 1 heterocycles. The molecule has 0 aliphatic carbocycles. The Bertz CT molecular complexity index is 870. The van der Waals surface area contributed by atoms with Gasteiger partial charge in [-0.1, -0.05) is 23.7 Å². The number of benzene rings is 2. The minimum Gasteiger partial charge on any atom is -0.493 e. The van der Waals surface area contributed by atoms with Crippen LogP contribution in [-0.2, 0) is 19.7 Å². The van der Waals surface area contributed by atoms with Crippen molar-refractivity contribution in [3.8, 4) is 11.5 Å². The molecule has 0 saturated heterocycles. The molecule has 0 unspecified atom stereocenters. The minimum absolute atomic E-state index is 0.272. The van der Waals surface area contributed by atoms with Crippen LogP contribution in [0, 0.1) is 5.82 Å². The second-order valence-electron chi connectivity index (χ2n) is 6.34. The van der Waals surface area contributed by atoms with Gasteiger partial charge in [0.05, 0.1) is 13.4 Å². The summed E-state index contributed by atoms with van der Waals surface area (Å²) in [5.74, 6) is 0.897. The van der Waals surface area contributed by atoms with Crippen LogP contribution in [-0.4, -0.2) is 23.2 Å². The van der Waals surface area contributed by atoms with Gasteiger partial charge in [0.2, 0.25) is 0 Å². The van der Waals surface area contributed by atoms with Crippen molar-refractivity contribution in [2.75, 3.05) is 13.7 Å². The maximum atomic E-state index is 13.0. The van der Waals surface area contributed by atoms with Crippen LogP contribution >= 0.6 is 11.6 Å². The van der Waals surface area contributed by atoms with Crippen LogP contribution in [0.25, 0.3) is 0 Å². The zero-order valence-electron chi connectivity index (χ0n) is 15.7. The summed E-state index contributed by atoms with van der Waals surface area (Å²) in [6, 6.07) is 9.82. The van der Waals surface area contributed by atoms with Crippen LogP contribution in [0.3, 0.4) is 0 Å². The third-order valence-electron chi connectivity index (χ3n) is 4.28. The lowest BCUT2D eigenvalue weighted by Gasteiger charge is -2.14. The van der Waals surface area contributed by atoms with E-state index in [9.17, 15) is 4.39 Å². The third-order valence-corrected chi connectivity index (χ3v) is 4.64. The van der Waals surface area contributed by atoms with Gasteiger partial charge in [-0.25, -0.2) is 9.37 Å². The fraction of sp³-hybridized carbons (Fsp3) is 0.286. The molecule has 5 nitrogen and oxygen atoms in total. The molecule has 3 aromatic rings.